The van der Waals surface area contributed by atoms with Gasteiger partial charge < -0.3 is 10.5 Å². The van der Waals surface area contributed by atoms with Crippen molar-refractivity contribution in [1.82, 2.24) is 4.90 Å². The number of aryl methyl sites for hydroxylation is 1. The summed E-state index contributed by atoms with van der Waals surface area (Å²) in [5, 5.41) is 0. The number of nitrogens with two attached hydrogens (primary N) is 1. The lowest BCUT2D eigenvalue weighted by Crippen LogP contribution is -2.49. The second-order valence-electron chi connectivity index (χ2n) is 8.07. The predicted molar refractivity (Wildman–Crippen MR) is 140 cm³/mol. The molecule has 0 amide bonds. The number of nitrogens with zero attached hydrogens (tertiary/aromatic N) is 1. The van der Waals surface area contributed by atoms with E-state index in [0.717, 1.165) is 13.0 Å². The Labute approximate surface area is 197 Å². The summed E-state index contributed by atoms with van der Waals surface area (Å²) < 4.78 is 4.31. The van der Waals surface area contributed by atoms with Gasteiger partial charge in [0, 0.05) is 24.5 Å². The molecule has 2 aliphatic rings. The topological polar surface area (TPSA) is 38.5 Å². The molecule has 0 spiro atoms. The molecule has 1 heterocycles. The molecular formula is C29H46N2O. The van der Waals surface area contributed by atoms with Gasteiger partial charge in [-0.2, -0.15) is 0 Å². The van der Waals surface area contributed by atoms with Crippen molar-refractivity contribution >= 4 is 0 Å². The average molecular weight is 439 g/mol. The van der Waals surface area contributed by atoms with E-state index in [0.29, 0.717) is 18.0 Å². The van der Waals surface area contributed by atoms with Gasteiger partial charge in [-0.05, 0) is 55.8 Å². The summed E-state index contributed by atoms with van der Waals surface area (Å²) in [6, 6.07) is 19.1. The smallest absolute Gasteiger partial charge is 0.0766 e. The second kappa shape index (κ2) is 15.7. The van der Waals surface area contributed by atoms with Crippen LogP contribution in [0.25, 0.3) is 0 Å². The standard InChI is InChI=1S/C22H28N2.C3H6O.2C2H6/c1-16-8-10-17(11-9-16)13-21-20-7-3-2-5-18(20)14-22(21)24-12-4-6-19(23)15-24;1-3-4-2;2*1-2/h2-3,5,7-11,19,21-22H,4,6,12-15,23H2,1H3;3H,1H2,2H3;2*1-2H3/t19?,21-,22?;;;/m0.../s1. The van der Waals surface area contributed by atoms with Crippen LogP contribution in [0.15, 0.2) is 61.4 Å². The Morgan fingerprint density at radius 1 is 1.06 bits per heavy atom. The summed E-state index contributed by atoms with van der Waals surface area (Å²) in [7, 11) is 1.56. The number of piperidine rings is 1. The van der Waals surface area contributed by atoms with E-state index in [2.05, 4.69) is 71.7 Å². The van der Waals surface area contributed by atoms with Gasteiger partial charge in [0.15, 0.2) is 0 Å². The molecule has 1 fully saturated rings. The van der Waals surface area contributed by atoms with Gasteiger partial charge in [-0.25, -0.2) is 0 Å². The maximum Gasteiger partial charge on any atom is 0.0766 e. The fourth-order valence-electron chi connectivity index (χ4n) is 4.61. The van der Waals surface area contributed by atoms with Gasteiger partial charge in [-0.1, -0.05) is 88.4 Å². The molecular weight excluding hydrogens is 392 g/mol. The highest BCUT2D eigenvalue weighted by Crippen LogP contribution is 2.39. The van der Waals surface area contributed by atoms with E-state index in [9.17, 15) is 0 Å². The Bertz CT molecular complexity index is 756. The maximum atomic E-state index is 6.27. The van der Waals surface area contributed by atoms with E-state index in [-0.39, 0.29) is 0 Å². The van der Waals surface area contributed by atoms with Gasteiger partial charge >= 0.3 is 0 Å². The Hall–Kier alpha value is -2.10. The lowest BCUT2D eigenvalue weighted by molar-refractivity contribution is 0.136. The SMILES string of the molecule is C=COC.CC.CC.Cc1ccc(C[C@H]2c3ccccc3CC2N2CCCC(N)C2)cc1. The first kappa shape index (κ1) is 27.9. The van der Waals surface area contributed by atoms with Crippen LogP contribution in [0.2, 0.25) is 0 Å². The number of benzene rings is 2. The molecule has 3 atom stereocenters. The molecule has 1 aliphatic heterocycles. The summed E-state index contributed by atoms with van der Waals surface area (Å²) in [5.74, 6) is 0.592. The predicted octanol–water partition coefficient (Wildman–Crippen LogP) is 6.50. The normalized spacial score (nSPS) is 21.4. The largest absolute Gasteiger partial charge is 0.505 e. The first-order chi connectivity index (χ1) is 15.6. The van der Waals surface area contributed by atoms with Crippen LogP contribution >= 0.6 is 0 Å². The van der Waals surface area contributed by atoms with Crippen LogP contribution < -0.4 is 5.73 Å². The average Bonchev–Trinajstić information content (AvgIpc) is 3.22. The fraction of sp³-hybridized carbons (Fsp3) is 0.517. The highest BCUT2D eigenvalue weighted by Gasteiger charge is 2.37. The van der Waals surface area contributed by atoms with Crippen LogP contribution in [-0.2, 0) is 17.6 Å². The van der Waals surface area contributed by atoms with E-state index >= 15 is 0 Å². The van der Waals surface area contributed by atoms with Crippen molar-refractivity contribution < 1.29 is 4.74 Å². The maximum absolute atomic E-state index is 6.27. The van der Waals surface area contributed by atoms with Gasteiger partial charge in [0.25, 0.3) is 0 Å². The molecule has 32 heavy (non-hydrogen) atoms. The molecule has 3 heteroatoms. The lowest BCUT2D eigenvalue weighted by Gasteiger charge is -2.38. The monoisotopic (exact) mass is 438 g/mol. The molecule has 178 valence electrons. The van der Waals surface area contributed by atoms with Crippen LogP contribution in [0.1, 0.15) is 68.7 Å². The summed E-state index contributed by atoms with van der Waals surface area (Å²) >= 11 is 0. The van der Waals surface area contributed by atoms with Crippen LogP contribution in [0.4, 0.5) is 0 Å². The number of ether oxygens (including phenoxy) is 1. The molecule has 1 saturated heterocycles. The van der Waals surface area contributed by atoms with Crippen LogP contribution in [0.5, 0.6) is 0 Å². The summed E-state index contributed by atoms with van der Waals surface area (Å²) in [5.41, 5.74) is 12.2. The number of likely N-dealkylation sites (tertiary alicyclic amines) is 1. The van der Waals surface area contributed by atoms with Crippen molar-refractivity contribution in [1.29, 1.82) is 0 Å². The van der Waals surface area contributed by atoms with Crippen molar-refractivity contribution in [3.63, 3.8) is 0 Å². The van der Waals surface area contributed by atoms with E-state index < -0.39 is 0 Å². The third-order valence-electron chi connectivity index (χ3n) is 6.05. The van der Waals surface area contributed by atoms with Gasteiger partial charge in [0.1, 0.15) is 0 Å². The first-order valence-corrected chi connectivity index (χ1v) is 12.4. The van der Waals surface area contributed by atoms with Crippen LogP contribution in [0, 0.1) is 6.92 Å². The number of hydrogen-bond acceptors (Lipinski definition) is 3. The van der Waals surface area contributed by atoms with Crippen molar-refractivity contribution in [3.05, 3.63) is 83.6 Å². The molecule has 0 radical (unpaired) electrons. The molecule has 2 aromatic rings. The molecule has 0 aromatic heterocycles. The minimum Gasteiger partial charge on any atom is -0.505 e. The van der Waals surface area contributed by atoms with E-state index in [1.807, 2.05) is 27.7 Å². The molecule has 4 rings (SSSR count). The molecule has 2 aromatic carbocycles. The van der Waals surface area contributed by atoms with Crippen LogP contribution in [-0.4, -0.2) is 37.2 Å². The van der Waals surface area contributed by atoms with Gasteiger partial charge in [-0.15, -0.1) is 0 Å². The molecule has 0 saturated carbocycles. The molecule has 1 aliphatic carbocycles. The Balaban J connectivity index is 0.000000568. The molecule has 2 N–H and O–H groups in total. The highest BCUT2D eigenvalue weighted by molar-refractivity contribution is 5.39. The fourth-order valence-corrected chi connectivity index (χ4v) is 4.61. The number of hydrogen-bond donors (Lipinski definition) is 1. The van der Waals surface area contributed by atoms with Crippen molar-refractivity contribution in [2.75, 3.05) is 20.2 Å². The van der Waals surface area contributed by atoms with E-state index in [1.165, 1.54) is 43.2 Å². The van der Waals surface area contributed by atoms with Crippen molar-refractivity contribution in [2.24, 2.45) is 5.73 Å². The zero-order chi connectivity index (χ0) is 23.9. The number of rotatable bonds is 4. The van der Waals surface area contributed by atoms with E-state index in [1.54, 1.807) is 18.2 Å². The Kier molecular flexibility index (Phi) is 13.7. The quantitative estimate of drug-likeness (QED) is 0.554. The third kappa shape index (κ3) is 8.11. The zero-order valence-corrected chi connectivity index (χ0v) is 21.3. The van der Waals surface area contributed by atoms with Gasteiger partial charge in [0.05, 0.1) is 13.4 Å². The summed E-state index contributed by atoms with van der Waals surface area (Å²) in [6.07, 6.45) is 6.11. The highest BCUT2D eigenvalue weighted by atomic mass is 16.5. The number of methoxy groups -OCH3 is 1. The Morgan fingerprint density at radius 2 is 1.69 bits per heavy atom. The zero-order valence-electron chi connectivity index (χ0n) is 21.3. The second-order valence-corrected chi connectivity index (χ2v) is 8.07. The van der Waals surface area contributed by atoms with Gasteiger partial charge in [0.2, 0.25) is 0 Å². The van der Waals surface area contributed by atoms with Crippen LogP contribution in [0.3, 0.4) is 0 Å². The summed E-state index contributed by atoms with van der Waals surface area (Å²) in [4.78, 5) is 2.67. The number of fused-ring (bicyclic) bond motifs is 1. The van der Waals surface area contributed by atoms with E-state index in [4.69, 9.17) is 5.73 Å². The minimum absolute atomic E-state index is 0.350. The van der Waals surface area contributed by atoms with Crippen molar-refractivity contribution in [3.8, 4) is 0 Å². The molecule has 3 nitrogen and oxygen atoms in total. The van der Waals surface area contributed by atoms with Crippen molar-refractivity contribution in [2.45, 2.75) is 78.3 Å². The lowest BCUT2D eigenvalue weighted by atomic mass is 9.89. The molecule has 0 bridgehead atoms. The minimum atomic E-state index is 0.350. The van der Waals surface area contributed by atoms with Gasteiger partial charge in [-0.3, -0.25) is 4.90 Å². The third-order valence-corrected chi connectivity index (χ3v) is 6.05. The Morgan fingerprint density at radius 3 is 2.28 bits per heavy atom. The first-order valence-electron chi connectivity index (χ1n) is 12.4. The molecule has 2 unspecified atom stereocenters. The summed E-state index contributed by atoms with van der Waals surface area (Å²) in [6.45, 7) is 15.7.